The molecule has 6 nitrogen and oxygen atoms in total. The molecule has 1 N–H and O–H groups in total. The van der Waals surface area contributed by atoms with Crippen LogP contribution >= 0.6 is 0 Å². The number of hydrogen-bond donors (Lipinski definition) is 1. The zero-order chi connectivity index (χ0) is 16.4. The average molecular weight is 323 g/mol. The van der Waals surface area contributed by atoms with E-state index in [1.54, 1.807) is 18.2 Å². The van der Waals surface area contributed by atoms with Crippen LogP contribution < -0.4 is 10.2 Å². The summed E-state index contributed by atoms with van der Waals surface area (Å²) >= 11 is 0. The highest BCUT2D eigenvalue weighted by Gasteiger charge is 2.23. The van der Waals surface area contributed by atoms with E-state index in [9.17, 15) is 0 Å². The fourth-order valence-electron chi connectivity index (χ4n) is 3.40. The van der Waals surface area contributed by atoms with Gasteiger partial charge in [0.2, 0.25) is 11.6 Å². The number of hydrogen-bond acceptors (Lipinski definition) is 5. The van der Waals surface area contributed by atoms with Gasteiger partial charge in [-0.2, -0.15) is 9.71 Å². The molecule has 6 heteroatoms. The second-order valence-corrected chi connectivity index (χ2v) is 6.18. The van der Waals surface area contributed by atoms with Crippen molar-refractivity contribution in [3.05, 3.63) is 42.4 Å². The molecule has 124 valence electrons. The highest BCUT2D eigenvalue weighted by Crippen LogP contribution is 2.35. The quantitative estimate of drug-likeness (QED) is 0.793. The lowest BCUT2D eigenvalue weighted by atomic mass is 9.86. The molecule has 0 radical (unpaired) electrons. The number of imidazole rings is 1. The largest absolute Gasteiger partial charge is 0.414 e. The second-order valence-electron chi connectivity index (χ2n) is 6.18. The lowest BCUT2D eigenvalue weighted by molar-refractivity contribution is 0.176. The molecule has 1 aromatic carbocycles. The molecule has 0 atom stereocenters. The highest BCUT2D eigenvalue weighted by molar-refractivity contribution is 5.76. The molecule has 1 fully saturated rings. The predicted molar refractivity (Wildman–Crippen MR) is 93.4 cm³/mol. The number of para-hydroxylation sites is 1. The molecule has 2 heterocycles. The van der Waals surface area contributed by atoms with Crippen molar-refractivity contribution in [2.24, 2.45) is 0 Å². The van der Waals surface area contributed by atoms with Gasteiger partial charge in [0.25, 0.3) is 0 Å². The molecule has 4 rings (SSSR count). The predicted octanol–water partition coefficient (Wildman–Crippen LogP) is 3.68. The topological polar surface area (TPSA) is 64.9 Å². The Morgan fingerprint density at radius 2 is 1.88 bits per heavy atom. The van der Waals surface area contributed by atoms with Gasteiger partial charge in [0.15, 0.2) is 0 Å². The lowest BCUT2D eigenvalue weighted by Crippen LogP contribution is -2.11. The van der Waals surface area contributed by atoms with Crippen LogP contribution in [0.25, 0.3) is 11.2 Å². The van der Waals surface area contributed by atoms with Crippen molar-refractivity contribution in [3.63, 3.8) is 0 Å². The fraction of sp³-hybridized carbons (Fsp3) is 0.389. The minimum Gasteiger partial charge on any atom is -0.414 e. The smallest absolute Gasteiger partial charge is 0.229 e. The Labute approximate surface area is 140 Å². The first-order chi connectivity index (χ1) is 11.8. The van der Waals surface area contributed by atoms with Crippen molar-refractivity contribution in [1.29, 1.82) is 0 Å². The third-order valence-electron chi connectivity index (χ3n) is 4.61. The van der Waals surface area contributed by atoms with Crippen molar-refractivity contribution < 1.29 is 4.84 Å². The summed E-state index contributed by atoms with van der Waals surface area (Å²) in [5.41, 5.74) is 3.57. The van der Waals surface area contributed by atoms with E-state index in [4.69, 9.17) is 9.82 Å². The van der Waals surface area contributed by atoms with E-state index < -0.39 is 0 Å². The summed E-state index contributed by atoms with van der Waals surface area (Å²) in [6, 6.07) is 9.97. The third kappa shape index (κ3) is 2.79. The Balaban J connectivity index is 1.78. The molecule has 0 bridgehead atoms. The molecule has 2 aromatic heterocycles. The Bertz CT molecular complexity index is 824. The molecule has 0 saturated heterocycles. The van der Waals surface area contributed by atoms with E-state index in [0.717, 1.165) is 29.7 Å². The average Bonchev–Trinajstić information content (AvgIpc) is 3.05. The van der Waals surface area contributed by atoms with Crippen LogP contribution in [0.1, 0.15) is 43.7 Å². The fourth-order valence-corrected chi connectivity index (χ4v) is 3.40. The molecule has 24 heavy (non-hydrogen) atoms. The van der Waals surface area contributed by atoms with Crippen molar-refractivity contribution in [2.75, 3.05) is 12.4 Å². The summed E-state index contributed by atoms with van der Waals surface area (Å²) in [6.07, 6.45) is 7.81. The van der Waals surface area contributed by atoms with Crippen molar-refractivity contribution >= 4 is 22.8 Å². The van der Waals surface area contributed by atoms with Gasteiger partial charge in [-0.05, 0) is 25.0 Å². The van der Waals surface area contributed by atoms with Gasteiger partial charge in [-0.25, -0.2) is 9.97 Å². The first-order valence-corrected chi connectivity index (χ1v) is 8.46. The van der Waals surface area contributed by atoms with Gasteiger partial charge in [0.05, 0.1) is 5.69 Å². The summed E-state index contributed by atoms with van der Waals surface area (Å²) in [7, 11) is 1.62. The van der Waals surface area contributed by atoms with Crippen LogP contribution in [0.5, 0.6) is 0 Å². The minimum atomic E-state index is 0.445. The van der Waals surface area contributed by atoms with Gasteiger partial charge in [-0.1, -0.05) is 37.5 Å². The van der Waals surface area contributed by atoms with E-state index >= 15 is 0 Å². The molecule has 1 aliphatic carbocycles. The summed E-state index contributed by atoms with van der Waals surface area (Å²) in [5, 5.41) is 3.30. The zero-order valence-electron chi connectivity index (χ0n) is 13.8. The molecule has 0 unspecified atom stereocenters. The van der Waals surface area contributed by atoms with Crippen molar-refractivity contribution in [1.82, 2.24) is 19.7 Å². The number of rotatable bonds is 4. The maximum atomic E-state index is 5.35. The second kappa shape index (κ2) is 6.47. The monoisotopic (exact) mass is 323 g/mol. The van der Waals surface area contributed by atoms with Crippen LogP contribution in [0.3, 0.4) is 0 Å². The number of nitrogens with zero attached hydrogens (tertiary/aromatic N) is 4. The standard InChI is InChI=1S/C18H21N5O/c1-24-23-12-19-16-15(13-8-4-2-5-9-13)21-18(22-17(16)23)20-14-10-6-3-7-11-14/h3,6-7,10-13H,2,4-5,8-9H2,1H3,(H,20,21,22). The summed E-state index contributed by atoms with van der Waals surface area (Å²) in [6.45, 7) is 0. The number of anilines is 2. The van der Waals surface area contributed by atoms with Gasteiger partial charge in [0, 0.05) is 11.6 Å². The van der Waals surface area contributed by atoms with E-state index in [-0.39, 0.29) is 0 Å². The number of fused-ring (bicyclic) bond motifs is 1. The van der Waals surface area contributed by atoms with Crippen LogP contribution in [0, 0.1) is 0 Å². The molecule has 0 aliphatic heterocycles. The van der Waals surface area contributed by atoms with E-state index in [1.807, 2.05) is 30.3 Å². The maximum absolute atomic E-state index is 5.35. The van der Waals surface area contributed by atoms with E-state index in [2.05, 4.69) is 15.3 Å². The van der Waals surface area contributed by atoms with Crippen LogP contribution in [0.4, 0.5) is 11.6 Å². The lowest BCUT2D eigenvalue weighted by Gasteiger charge is -2.21. The van der Waals surface area contributed by atoms with Gasteiger partial charge in [0.1, 0.15) is 19.0 Å². The summed E-state index contributed by atoms with van der Waals surface area (Å²) < 4.78 is 1.60. The van der Waals surface area contributed by atoms with E-state index in [1.165, 1.54) is 19.3 Å². The van der Waals surface area contributed by atoms with E-state index in [0.29, 0.717) is 17.5 Å². The third-order valence-corrected chi connectivity index (χ3v) is 4.61. The number of aromatic nitrogens is 4. The molecular formula is C18H21N5O. The zero-order valence-corrected chi connectivity index (χ0v) is 13.8. The normalized spacial score (nSPS) is 15.5. The molecule has 3 aromatic rings. The Kier molecular flexibility index (Phi) is 4.02. The van der Waals surface area contributed by atoms with Gasteiger partial charge in [-0.3, -0.25) is 0 Å². The minimum absolute atomic E-state index is 0.445. The molecule has 1 saturated carbocycles. The van der Waals surface area contributed by atoms with Crippen LogP contribution in [0.2, 0.25) is 0 Å². The Morgan fingerprint density at radius 3 is 2.62 bits per heavy atom. The van der Waals surface area contributed by atoms with Gasteiger partial charge >= 0.3 is 0 Å². The molecule has 0 amide bonds. The molecular weight excluding hydrogens is 302 g/mol. The van der Waals surface area contributed by atoms with Crippen LogP contribution in [0.15, 0.2) is 36.7 Å². The van der Waals surface area contributed by atoms with Gasteiger partial charge in [-0.15, -0.1) is 0 Å². The Hall–Kier alpha value is -2.63. The summed E-state index contributed by atoms with van der Waals surface area (Å²) in [4.78, 5) is 19.3. The molecule has 0 spiro atoms. The van der Waals surface area contributed by atoms with Crippen molar-refractivity contribution in [2.45, 2.75) is 38.0 Å². The maximum Gasteiger partial charge on any atom is 0.229 e. The first kappa shape index (κ1) is 14.9. The summed E-state index contributed by atoms with van der Waals surface area (Å²) in [5.74, 6) is 1.04. The number of benzene rings is 1. The van der Waals surface area contributed by atoms with Crippen LogP contribution in [-0.4, -0.2) is 26.8 Å². The molecule has 1 aliphatic rings. The highest BCUT2D eigenvalue weighted by atomic mass is 16.6. The van der Waals surface area contributed by atoms with Crippen LogP contribution in [-0.2, 0) is 0 Å². The number of nitrogens with one attached hydrogen (secondary N) is 1. The Morgan fingerprint density at radius 1 is 1.08 bits per heavy atom. The SMILES string of the molecule is COn1cnc2c(C3CCCCC3)nc(Nc3ccccc3)nc21. The first-order valence-electron chi connectivity index (χ1n) is 8.46. The van der Waals surface area contributed by atoms with Crippen molar-refractivity contribution in [3.8, 4) is 0 Å². The van der Waals surface area contributed by atoms with Gasteiger partial charge < -0.3 is 10.2 Å².